The molecule has 1 amide bonds. The minimum Gasteiger partial charge on any atom is -0.494 e. The number of benzene rings is 2. The molecule has 3 aromatic rings. The van der Waals surface area contributed by atoms with Crippen molar-refractivity contribution in [2.75, 3.05) is 11.3 Å². The predicted molar refractivity (Wildman–Crippen MR) is 115 cm³/mol. The van der Waals surface area contributed by atoms with Crippen LogP contribution in [0.25, 0.3) is 0 Å². The van der Waals surface area contributed by atoms with E-state index in [0.29, 0.717) is 18.0 Å². The molecule has 1 heterocycles. The Morgan fingerprint density at radius 1 is 1.13 bits per heavy atom. The first-order chi connectivity index (χ1) is 14.4. The molecule has 9 heteroatoms. The fraction of sp³-hybridized carbons (Fsp3) is 0.143. The summed E-state index contributed by atoms with van der Waals surface area (Å²) in [6.07, 6.45) is 3.26. The minimum absolute atomic E-state index is 0.0649. The zero-order chi connectivity index (χ0) is 21.6. The van der Waals surface area contributed by atoms with Crippen molar-refractivity contribution >= 4 is 33.2 Å². The molecule has 0 atom stereocenters. The number of nitrogens with one attached hydrogen (secondary N) is 2. The van der Waals surface area contributed by atoms with Gasteiger partial charge in [0.2, 0.25) is 0 Å². The summed E-state index contributed by atoms with van der Waals surface area (Å²) in [4.78, 5) is 16.4. The van der Waals surface area contributed by atoms with E-state index in [1.807, 2.05) is 13.0 Å². The third-order valence-corrected chi connectivity index (χ3v) is 5.79. The number of anilines is 1. The molecule has 0 aliphatic rings. The van der Waals surface area contributed by atoms with Gasteiger partial charge in [0.15, 0.2) is 0 Å². The average Bonchev–Trinajstić information content (AvgIpc) is 2.74. The van der Waals surface area contributed by atoms with Crippen LogP contribution in [0.2, 0.25) is 5.02 Å². The van der Waals surface area contributed by atoms with Gasteiger partial charge in [0, 0.05) is 24.6 Å². The lowest BCUT2D eigenvalue weighted by atomic mass is 10.2. The second-order valence-corrected chi connectivity index (χ2v) is 8.34. The van der Waals surface area contributed by atoms with Gasteiger partial charge >= 0.3 is 0 Å². The summed E-state index contributed by atoms with van der Waals surface area (Å²) in [6.45, 7) is 2.62. The number of aromatic nitrogens is 1. The van der Waals surface area contributed by atoms with Crippen molar-refractivity contribution in [3.63, 3.8) is 0 Å². The molecule has 0 fully saturated rings. The summed E-state index contributed by atoms with van der Waals surface area (Å²) in [5.74, 6) is 0.154. The summed E-state index contributed by atoms with van der Waals surface area (Å²) in [5.41, 5.74) is 1.24. The summed E-state index contributed by atoms with van der Waals surface area (Å²) in [6, 6.07) is 14.1. The van der Waals surface area contributed by atoms with Crippen LogP contribution in [0.5, 0.6) is 5.75 Å². The van der Waals surface area contributed by atoms with Gasteiger partial charge in [-0.05, 0) is 61.0 Å². The van der Waals surface area contributed by atoms with Crippen LogP contribution in [0.1, 0.15) is 22.8 Å². The first-order valence-electron chi connectivity index (χ1n) is 9.11. The van der Waals surface area contributed by atoms with Crippen molar-refractivity contribution in [3.05, 3.63) is 83.1 Å². The van der Waals surface area contributed by atoms with Gasteiger partial charge in [-0.3, -0.25) is 14.5 Å². The van der Waals surface area contributed by atoms with Crippen molar-refractivity contribution in [2.24, 2.45) is 0 Å². The van der Waals surface area contributed by atoms with Gasteiger partial charge < -0.3 is 10.1 Å². The Kier molecular flexibility index (Phi) is 6.91. The van der Waals surface area contributed by atoms with E-state index in [2.05, 4.69) is 15.0 Å². The Hall–Kier alpha value is -3.10. The molecule has 0 spiro atoms. The minimum atomic E-state index is -3.92. The normalized spacial score (nSPS) is 11.0. The zero-order valence-corrected chi connectivity index (χ0v) is 17.7. The lowest BCUT2D eigenvalue weighted by molar-refractivity contribution is 0.0951. The van der Waals surface area contributed by atoms with Gasteiger partial charge in [-0.2, -0.15) is 0 Å². The van der Waals surface area contributed by atoms with E-state index in [1.165, 1.54) is 18.2 Å². The van der Waals surface area contributed by atoms with E-state index in [1.54, 1.807) is 42.7 Å². The SMILES string of the molecule is CCOc1ccc(NS(=O)(=O)c2ccc(Cl)c(C(=O)NCc3cccnc3)c2)cc1. The van der Waals surface area contributed by atoms with Crippen LogP contribution in [0.4, 0.5) is 5.69 Å². The summed E-state index contributed by atoms with van der Waals surface area (Å²) < 4.78 is 33.3. The number of nitrogens with zero attached hydrogens (tertiary/aromatic N) is 1. The molecule has 0 unspecified atom stereocenters. The standard InChI is InChI=1S/C21H20ClN3O4S/c1-2-29-17-7-5-16(6-8-17)25-30(27,28)18-9-10-20(22)19(12-18)21(26)24-14-15-4-3-11-23-13-15/h3-13,25H,2,14H2,1H3,(H,24,26). The molecular weight excluding hydrogens is 426 g/mol. The highest BCUT2D eigenvalue weighted by Crippen LogP contribution is 2.24. The smallest absolute Gasteiger partial charge is 0.261 e. The number of sulfonamides is 1. The fourth-order valence-electron chi connectivity index (χ4n) is 2.63. The van der Waals surface area contributed by atoms with E-state index in [0.717, 1.165) is 5.56 Å². The number of rotatable bonds is 8. The van der Waals surface area contributed by atoms with E-state index < -0.39 is 15.9 Å². The molecule has 0 saturated heterocycles. The summed E-state index contributed by atoms with van der Waals surface area (Å²) >= 11 is 6.13. The number of hydrogen-bond donors (Lipinski definition) is 2. The van der Waals surface area contributed by atoms with Gasteiger partial charge in [-0.25, -0.2) is 8.42 Å². The molecule has 3 rings (SSSR count). The van der Waals surface area contributed by atoms with Crippen molar-refractivity contribution in [2.45, 2.75) is 18.4 Å². The Balaban J connectivity index is 1.76. The number of hydrogen-bond acceptors (Lipinski definition) is 5. The third-order valence-electron chi connectivity index (χ3n) is 4.09. The third kappa shape index (κ3) is 5.49. The first-order valence-corrected chi connectivity index (χ1v) is 11.0. The predicted octanol–water partition coefficient (Wildman–Crippen LogP) is 3.86. The molecule has 1 aromatic heterocycles. The van der Waals surface area contributed by atoms with Crippen LogP contribution < -0.4 is 14.8 Å². The highest BCUT2D eigenvalue weighted by Gasteiger charge is 2.19. The Bertz CT molecular complexity index is 1120. The molecule has 0 aliphatic carbocycles. The number of halogens is 1. The van der Waals surface area contributed by atoms with Crippen LogP contribution in [0.15, 0.2) is 71.9 Å². The molecule has 0 aliphatic heterocycles. The van der Waals surface area contributed by atoms with E-state index in [9.17, 15) is 13.2 Å². The summed E-state index contributed by atoms with van der Waals surface area (Å²) in [5, 5.41) is 2.86. The fourth-order valence-corrected chi connectivity index (χ4v) is 3.91. The molecule has 156 valence electrons. The first kappa shape index (κ1) is 21.6. The average molecular weight is 446 g/mol. The molecule has 2 aromatic carbocycles. The molecular formula is C21H20ClN3O4S. The highest BCUT2D eigenvalue weighted by molar-refractivity contribution is 7.92. The molecule has 30 heavy (non-hydrogen) atoms. The van der Waals surface area contributed by atoms with Crippen LogP contribution >= 0.6 is 11.6 Å². The van der Waals surface area contributed by atoms with Crippen LogP contribution in [-0.2, 0) is 16.6 Å². The van der Waals surface area contributed by atoms with Crippen LogP contribution in [-0.4, -0.2) is 25.9 Å². The van der Waals surface area contributed by atoms with Crippen molar-refractivity contribution in [3.8, 4) is 5.75 Å². The van der Waals surface area contributed by atoms with Gasteiger partial charge in [0.05, 0.1) is 22.1 Å². The molecule has 7 nitrogen and oxygen atoms in total. The lowest BCUT2D eigenvalue weighted by Crippen LogP contribution is -2.24. The number of amides is 1. The highest BCUT2D eigenvalue weighted by atomic mass is 35.5. The number of pyridine rings is 1. The maximum Gasteiger partial charge on any atom is 0.261 e. The van der Waals surface area contributed by atoms with Crippen molar-refractivity contribution < 1.29 is 17.9 Å². The summed E-state index contributed by atoms with van der Waals surface area (Å²) in [7, 11) is -3.92. The van der Waals surface area contributed by atoms with Gasteiger partial charge in [-0.1, -0.05) is 17.7 Å². The second kappa shape index (κ2) is 9.60. The van der Waals surface area contributed by atoms with Gasteiger partial charge in [0.25, 0.3) is 15.9 Å². The maximum atomic E-state index is 12.8. The van der Waals surface area contributed by atoms with Crippen LogP contribution in [0.3, 0.4) is 0 Å². The Morgan fingerprint density at radius 3 is 2.57 bits per heavy atom. The van der Waals surface area contributed by atoms with Gasteiger partial charge in [0.1, 0.15) is 5.75 Å². The van der Waals surface area contributed by atoms with E-state index >= 15 is 0 Å². The topological polar surface area (TPSA) is 97.4 Å². The van der Waals surface area contributed by atoms with Gasteiger partial charge in [-0.15, -0.1) is 0 Å². The van der Waals surface area contributed by atoms with E-state index in [-0.39, 0.29) is 22.0 Å². The lowest BCUT2D eigenvalue weighted by Gasteiger charge is -2.12. The number of carbonyl (C=O) groups excluding carboxylic acids is 1. The monoisotopic (exact) mass is 445 g/mol. The molecule has 0 bridgehead atoms. The van der Waals surface area contributed by atoms with Crippen LogP contribution in [0, 0.1) is 0 Å². The van der Waals surface area contributed by atoms with E-state index in [4.69, 9.17) is 16.3 Å². The number of ether oxygens (including phenoxy) is 1. The maximum absolute atomic E-state index is 12.8. The molecule has 2 N–H and O–H groups in total. The van der Waals surface area contributed by atoms with Crippen molar-refractivity contribution in [1.82, 2.24) is 10.3 Å². The quantitative estimate of drug-likeness (QED) is 0.548. The van der Waals surface area contributed by atoms with Crippen molar-refractivity contribution in [1.29, 1.82) is 0 Å². The molecule has 0 radical (unpaired) electrons. The zero-order valence-electron chi connectivity index (χ0n) is 16.1. The number of carbonyl (C=O) groups is 1. The Morgan fingerprint density at radius 2 is 1.90 bits per heavy atom. The Labute approximate surface area is 180 Å². The second-order valence-electron chi connectivity index (χ2n) is 6.25. The largest absolute Gasteiger partial charge is 0.494 e. The molecule has 0 saturated carbocycles.